The van der Waals surface area contributed by atoms with Crippen LogP contribution in [0.3, 0.4) is 0 Å². The first-order chi connectivity index (χ1) is 10.2. The summed E-state index contributed by atoms with van der Waals surface area (Å²) in [5.74, 6) is 7.50. The second-order valence-corrected chi connectivity index (χ2v) is 6.78. The number of hydrogen-bond acceptors (Lipinski definition) is 7. The maximum atomic E-state index is 5.47. The van der Waals surface area contributed by atoms with Crippen LogP contribution in [0, 0.1) is 12.8 Å². The van der Waals surface area contributed by atoms with Crippen molar-refractivity contribution in [3.05, 3.63) is 10.9 Å². The lowest BCUT2D eigenvalue weighted by Crippen LogP contribution is -2.23. The molecule has 21 heavy (non-hydrogen) atoms. The number of nitrogen functional groups attached to an aromatic ring is 1. The lowest BCUT2D eigenvalue weighted by atomic mass is 10.1. The van der Waals surface area contributed by atoms with Crippen molar-refractivity contribution in [3.63, 3.8) is 0 Å². The molecule has 4 N–H and O–H groups in total. The smallest absolute Gasteiger partial charge is 0.240 e. The third kappa shape index (κ3) is 3.09. The van der Waals surface area contributed by atoms with Crippen molar-refractivity contribution in [2.75, 3.05) is 36.9 Å². The third-order valence-electron chi connectivity index (χ3n) is 4.02. The maximum Gasteiger partial charge on any atom is 0.240 e. The number of thiophene rings is 1. The summed E-state index contributed by atoms with van der Waals surface area (Å²) in [5, 5.41) is 4.58. The van der Waals surface area contributed by atoms with Gasteiger partial charge < -0.3 is 10.2 Å². The lowest BCUT2D eigenvalue weighted by molar-refractivity contribution is 0.345. The molecule has 0 bridgehead atoms. The van der Waals surface area contributed by atoms with E-state index in [1.807, 2.05) is 0 Å². The van der Waals surface area contributed by atoms with Gasteiger partial charge in [-0.25, -0.2) is 10.8 Å². The Balaban J connectivity index is 1.76. The van der Waals surface area contributed by atoms with Crippen molar-refractivity contribution >= 4 is 33.3 Å². The number of hydrogen-bond donors (Lipinski definition) is 3. The lowest BCUT2D eigenvalue weighted by Gasteiger charge is -2.14. The van der Waals surface area contributed by atoms with Gasteiger partial charge in [-0.1, -0.05) is 6.92 Å². The molecule has 1 aliphatic heterocycles. The highest BCUT2D eigenvalue weighted by Crippen LogP contribution is 2.29. The third-order valence-corrected chi connectivity index (χ3v) is 4.96. The number of rotatable bonds is 5. The monoisotopic (exact) mass is 306 g/mol. The van der Waals surface area contributed by atoms with Crippen LogP contribution < -0.4 is 16.6 Å². The van der Waals surface area contributed by atoms with Crippen LogP contribution >= 0.6 is 11.3 Å². The van der Waals surface area contributed by atoms with Crippen LogP contribution in [0.5, 0.6) is 0 Å². The zero-order valence-corrected chi connectivity index (χ0v) is 13.3. The Morgan fingerprint density at radius 3 is 3.05 bits per heavy atom. The molecule has 0 saturated carbocycles. The topological polar surface area (TPSA) is 79.1 Å². The van der Waals surface area contributed by atoms with Gasteiger partial charge in [-0.15, -0.1) is 11.3 Å². The molecule has 0 spiro atoms. The summed E-state index contributed by atoms with van der Waals surface area (Å²) < 4.78 is 0. The number of fused-ring (bicyclic) bond motifs is 1. The summed E-state index contributed by atoms with van der Waals surface area (Å²) in [6, 6.07) is 2.13. The van der Waals surface area contributed by atoms with Gasteiger partial charge in [-0.3, -0.25) is 5.43 Å². The molecule has 1 saturated heterocycles. The highest BCUT2D eigenvalue weighted by Gasteiger charge is 2.21. The molecule has 3 rings (SSSR count). The first-order valence-electron chi connectivity index (χ1n) is 7.40. The molecule has 1 unspecified atom stereocenters. The summed E-state index contributed by atoms with van der Waals surface area (Å²) >= 11 is 1.66. The fourth-order valence-corrected chi connectivity index (χ4v) is 3.73. The quantitative estimate of drug-likeness (QED) is 0.579. The van der Waals surface area contributed by atoms with E-state index in [4.69, 9.17) is 5.84 Å². The standard InChI is InChI=1S/C14H22N6S/c1-3-20-5-4-10(8-20)7-16-12-11-6-9(2)21-13(11)18-14(17-12)19-15/h6,10H,3-5,7-8,15H2,1-2H3,(H2,16,17,18,19). The summed E-state index contributed by atoms with van der Waals surface area (Å²) in [6.07, 6.45) is 1.25. The Labute approximate surface area is 128 Å². The van der Waals surface area contributed by atoms with E-state index >= 15 is 0 Å². The predicted molar refractivity (Wildman–Crippen MR) is 88.7 cm³/mol. The molecule has 1 fully saturated rings. The Bertz CT molecular complexity index is 625. The molecule has 0 amide bonds. The van der Waals surface area contributed by atoms with Crippen LogP contribution in [-0.4, -0.2) is 41.0 Å². The van der Waals surface area contributed by atoms with Crippen molar-refractivity contribution in [1.29, 1.82) is 0 Å². The van der Waals surface area contributed by atoms with Crippen molar-refractivity contribution in [1.82, 2.24) is 14.9 Å². The van der Waals surface area contributed by atoms with E-state index in [9.17, 15) is 0 Å². The second-order valence-electron chi connectivity index (χ2n) is 5.54. The minimum atomic E-state index is 0.466. The van der Waals surface area contributed by atoms with Gasteiger partial charge in [-0.2, -0.15) is 4.98 Å². The molecule has 7 heteroatoms. The Kier molecular flexibility index (Phi) is 4.23. The van der Waals surface area contributed by atoms with Gasteiger partial charge >= 0.3 is 0 Å². The second kappa shape index (κ2) is 6.13. The van der Waals surface area contributed by atoms with Crippen molar-refractivity contribution < 1.29 is 0 Å². The minimum Gasteiger partial charge on any atom is -0.369 e. The van der Waals surface area contributed by atoms with E-state index in [1.165, 1.54) is 24.4 Å². The molecule has 2 aromatic rings. The van der Waals surface area contributed by atoms with Gasteiger partial charge in [0.1, 0.15) is 10.6 Å². The highest BCUT2D eigenvalue weighted by molar-refractivity contribution is 7.18. The Morgan fingerprint density at radius 2 is 2.33 bits per heavy atom. The fourth-order valence-electron chi connectivity index (χ4n) is 2.85. The van der Waals surface area contributed by atoms with Gasteiger partial charge in [0.05, 0.1) is 5.39 Å². The van der Waals surface area contributed by atoms with Crippen molar-refractivity contribution in [2.24, 2.45) is 11.8 Å². The van der Waals surface area contributed by atoms with E-state index in [1.54, 1.807) is 11.3 Å². The van der Waals surface area contributed by atoms with Crippen LogP contribution in [-0.2, 0) is 0 Å². The zero-order chi connectivity index (χ0) is 14.8. The van der Waals surface area contributed by atoms with Crippen LogP contribution in [0.1, 0.15) is 18.2 Å². The largest absolute Gasteiger partial charge is 0.369 e. The molecule has 0 aliphatic carbocycles. The minimum absolute atomic E-state index is 0.466. The molecule has 6 nitrogen and oxygen atoms in total. The van der Waals surface area contributed by atoms with Crippen molar-refractivity contribution in [2.45, 2.75) is 20.3 Å². The van der Waals surface area contributed by atoms with E-state index in [0.717, 1.165) is 29.1 Å². The number of nitrogens with one attached hydrogen (secondary N) is 2. The van der Waals surface area contributed by atoms with E-state index < -0.39 is 0 Å². The van der Waals surface area contributed by atoms with Gasteiger partial charge in [0.15, 0.2) is 0 Å². The van der Waals surface area contributed by atoms with Gasteiger partial charge in [-0.05, 0) is 38.4 Å². The van der Waals surface area contributed by atoms with Gasteiger partial charge in [0.25, 0.3) is 0 Å². The fraction of sp³-hybridized carbons (Fsp3) is 0.571. The molecular formula is C14H22N6S. The molecule has 1 atom stereocenters. The van der Waals surface area contributed by atoms with Gasteiger partial charge in [0.2, 0.25) is 5.95 Å². The average molecular weight is 306 g/mol. The number of aromatic nitrogens is 2. The molecule has 0 aromatic carbocycles. The van der Waals surface area contributed by atoms with E-state index in [-0.39, 0.29) is 0 Å². The molecule has 2 aromatic heterocycles. The maximum absolute atomic E-state index is 5.47. The van der Waals surface area contributed by atoms with E-state index in [0.29, 0.717) is 11.9 Å². The summed E-state index contributed by atoms with van der Waals surface area (Å²) in [7, 11) is 0. The van der Waals surface area contributed by atoms with Crippen LogP contribution in [0.2, 0.25) is 0 Å². The van der Waals surface area contributed by atoms with Crippen LogP contribution in [0.25, 0.3) is 10.2 Å². The Morgan fingerprint density at radius 1 is 1.48 bits per heavy atom. The SMILES string of the molecule is CCN1CCC(CNc2nc(NN)nc3sc(C)cc23)C1. The van der Waals surface area contributed by atoms with E-state index in [2.05, 4.69) is 45.5 Å². The zero-order valence-electron chi connectivity index (χ0n) is 12.5. The average Bonchev–Trinajstić information content (AvgIpc) is 3.09. The Hall–Kier alpha value is -1.44. The normalized spacial score (nSPS) is 19.3. The number of aryl methyl sites for hydroxylation is 1. The highest BCUT2D eigenvalue weighted by atomic mass is 32.1. The van der Waals surface area contributed by atoms with Crippen LogP contribution in [0.4, 0.5) is 11.8 Å². The molecule has 3 heterocycles. The number of anilines is 2. The summed E-state index contributed by atoms with van der Waals surface area (Å²) in [6.45, 7) is 8.76. The molecule has 1 aliphatic rings. The summed E-state index contributed by atoms with van der Waals surface area (Å²) in [5.41, 5.74) is 2.55. The number of hydrazine groups is 1. The molecule has 114 valence electrons. The van der Waals surface area contributed by atoms with Gasteiger partial charge in [0, 0.05) is 18.0 Å². The predicted octanol–water partition coefficient (Wildman–Crippen LogP) is 2.04. The first-order valence-corrected chi connectivity index (χ1v) is 8.22. The van der Waals surface area contributed by atoms with Crippen LogP contribution in [0.15, 0.2) is 6.07 Å². The van der Waals surface area contributed by atoms with Crippen molar-refractivity contribution in [3.8, 4) is 0 Å². The number of likely N-dealkylation sites (tertiary alicyclic amines) is 1. The number of nitrogens with zero attached hydrogens (tertiary/aromatic N) is 3. The molecular weight excluding hydrogens is 284 g/mol. The number of nitrogens with two attached hydrogens (primary N) is 1. The first kappa shape index (κ1) is 14.5. The molecule has 0 radical (unpaired) electrons. The summed E-state index contributed by atoms with van der Waals surface area (Å²) in [4.78, 5) is 13.6.